The molecule has 0 fully saturated rings. The van der Waals surface area contributed by atoms with Gasteiger partial charge in [0.2, 0.25) is 9.93 Å². The van der Waals surface area contributed by atoms with Gasteiger partial charge in [0.1, 0.15) is 0 Å². The number of nitrogens with zero attached hydrogens (tertiary/aromatic N) is 2. The van der Waals surface area contributed by atoms with Gasteiger partial charge in [-0.15, -0.1) is 17.0 Å². The average molecular weight is 422 g/mol. The fourth-order valence-electron chi connectivity index (χ4n) is 1.78. The van der Waals surface area contributed by atoms with Crippen molar-refractivity contribution in [2.75, 3.05) is 5.32 Å². The Balaban J connectivity index is 0.00000208. The van der Waals surface area contributed by atoms with Crippen LogP contribution in [0.15, 0.2) is 65.7 Å². The molecular weight excluding hydrogens is 410 g/mol. The molecule has 2 amide bonds. The Kier molecular flexibility index (Phi) is 6.53. The first kappa shape index (κ1) is 18.2. The maximum atomic E-state index is 12.0. The van der Waals surface area contributed by atoms with Crippen LogP contribution < -0.4 is 10.1 Å². The molecule has 1 aromatic heterocycles. The van der Waals surface area contributed by atoms with E-state index in [1.165, 1.54) is 20.7 Å². The van der Waals surface area contributed by atoms with Crippen LogP contribution in [0.25, 0.3) is 0 Å². The van der Waals surface area contributed by atoms with Gasteiger partial charge >= 0.3 is 0 Å². The van der Waals surface area contributed by atoms with E-state index < -0.39 is 0 Å². The first-order valence-corrected chi connectivity index (χ1v) is 8.85. The lowest BCUT2D eigenvalue weighted by Crippen LogP contribution is -2.13. The Morgan fingerprint density at radius 1 is 0.875 bits per heavy atom. The van der Waals surface area contributed by atoms with Crippen molar-refractivity contribution in [3.05, 3.63) is 76.6 Å². The Labute approximate surface area is 155 Å². The minimum Gasteiger partial charge on any atom is -0.297 e. The number of benzene rings is 2. The summed E-state index contributed by atoms with van der Waals surface area (Å²) in [5, 5.41) is 3.12. The monoisotopic (exact) mass is 421 g/mol. The van der Waals surface area contributed by atoms with Crippen molar-refractivity contribution >= 4 is 54.6 Å². The van der Waals surface area contributed by atoms with Crippen LogP contribution in [0.5, 0.6) is 0 Å². The topological polar surface area (TPSA) is 71.4 Å². The lowest BCUT2D eigenvalue weighted by molar-refractivity contribution is 0.0996. The molecule has 0 bridgehead atoms. The van der Waals surface area contributed by atoms with Crippen LogP contribution in [-0.2, 0) is 0 Å². The second-order valence-corrected chi connectivity index (χ2v) is 6.55. The van der Waals surface area contributed by atoms with E-state index in [1.807, 2.05) is 12.1 Å². The van der Waals surface area contributed by atoms with Gasteiger partial charge < -0.3 is 0 Å². The Morgan fingerprint density at radius 2 is 1.46 bits per heavy atom. The zero-order valence-electron chi connectivity index (χ0n) is 12.2. The maximum Gasteiger partial charge on any atom is 0.279 e. The molecule has 8 heteroatoms. The molecule has 3 aromatic rings. The fourth-order valence-corrected chi connectivity index (χ4v) is 3.42. The van der Waals surface area contributed by atoms with E-state index in [2.05, 4.69) is 15.3 Å². The molecule has 0 aliphatic rings. The number of carbonyl (C=O) groups excluding carboxylic acids is 2. The second-order valence-electron chi connectivity index (χ2n) is 4.47. The third-order valence-electron chi connectivity index (χ3n) is 2.87. The highest BCUT2D eigenvalue weighted by Gasteiger charge is 2.08. The van der Waals surface area contributed by atoms with Crippen molar-refractivity contribution < 1.29 is 9.59 Å². The van der Waals surface area contributed by atoms with Gasteiger partial charge in [-0.1, -0.05) is 36.4 Å². The first-order valence-electron chi connectivity index (χ1n) is 6.70. The van der Waals surface area contributed by atoms with Gasteiger partial charge in [-0.25, -0.2) is 0 Å². The van der Waals surface area contributed by atoms with E-state index in [0.717, 1.165) is 0 Å². The van der Waals surface area contributed by atoms with Gasteiger partial charge in [0.25, 0.3) is 11.8 Å². The number of rotatable bonds is 3. The van der Waals surface area contributed by atoms with Crippen molar-refractivity contribution in [2.45, 2.75) is 0 Å². The summed E-state index contributed by atoms with van der Waals surface area (Å²) in [7, 11) is 2.50. The SMILES string of the molecule is Br.O=C(N=c1nc(NC(=O)c2ccccc2)ss1)c1ccccc1. The van der Waals surface area contributed by atoms with E-state index in [4.69, 9.17) is 0 Å². The number of anilines is 1. The zero-order valence-corrected chi connectivity index (χ0v) is 15.6. The number of aromatic nitrogens is 1. The molecule has 0 radical (unpaired) electrons. The first-order chi connectivity index (χ1) is 11.2. The largest absolute Gasteiger partial charge is 0.297 e. The number of halogens is 1. The lowest BCUT2D eigenvalue weighted by atomic mass is 10.2. The maximum absolute atomic E-state index is 12.0. The summed E-state index contributed by atoms with van der Waals surface area (Å²) in [5.41, 5.74) is 1.05. The van der Waals surface area contributed by atoms with Crippen molar-refractivity contribution in [2.24, 2.45) is 4.99 Å². The molecule has 1 N–H and O–H groups in total. The molecule has 122 valence electrons. The summed E-state index contributed by atoms with van der Waals surface area (Å²) in [6, 6.07) is 17.6. The van der Waals surface area contributed by atoms with Crippen molar-refractivity contribution in [3.8, 4) is 0 Å². The molecule has 0 saturated heterocycles. The molecule has 3 rings (SSSR count). The van der Waals surface area contributed by atoms with Crippen molar-refractivity contribution in [1.82, 2.24) is 4.98 Å². The van der Waals surface area contributed by atoms with Crippen molar-refractivity contribution in [1.29, 1.82) is 0 Å². The minimum absolute atomic E-state index is 0. The van der Waals surface area contributed by atoms with Crippen molar-refractivity contribution in [3.63, 3.8) is 0 Å². The molecule has 1 heterocycles. The predicted octanol–water partition coefficient (Wildman–Crippen LogP) is 3.78. The summed E-state index contributed by atoms with van der Waals surface area (Å²) in [4.78, 5) is 32.5. The van der Waals surface area contributed by atoms with E-state index in [1.54, 1.807) is 48.5 Å². The summed E-state index contributed by atoms with van der Waals surface area (Å²) in [6.07, 6.45) is 0. The molecule has 0 unspecified atom stereocenters. The predicted molar refractivity (Wildman–Crippen MR) is 101 cm³/mol. The number of hydrogen-bond acceptors (Lipinski definition) is 5. The van der Waals surface area contributed by atoms with E-state index in [9.17, 15) is 9.59 Å². The number of nitrogens with one attached hydrogen (secondary N) is 1. The Hall–Kier alpha value is -2.16. The Morgan fingerprint density at radius 3 is 2.08 bits per heavy atom. The van der Waals surface area contributed by atoms with E-state index >= 15 is 0 Å². The lowest BCUT2D eigenvalue weighted by Gasteiger charge is -1.99. The van der Waals surface area contributed by atoms with Gasteiger partial charge in [-0.05, 0) is 44.9 Å². The highest BCUT2D eigenvalue weighted by Crippen LogP contribution is 2.14. The minimum atomic E-state index is -0.354. The molecule has 0 saturated carbocycles. The molecule has 5 nitrogen and oxygen atoms in total. The third-order valence-corrected chi connectivity index (χ3v) is 4.80. The molecule has 0 aliphatic heterocycles. The summed E-state index contributed by atoms with van der Waals surface area (Å²) in [5.74, 6) is -0.596. The highest BCUT2D eigenvalue weighted by molar-refractivity contribution is 8.93. The van der Waals surface area contributed by atoms with Crippen LogP contribution in [0.1, 0.15) is 20.7 Å². The van der Waals surface area contributed by atoms with Crippen LogP contribution in [-0.4, -0.2) is 16.8 Å². The zero-order chi connectivity index (χ0) is 16.1. The van der Waals surface area contributed by atoms with Gasteiger partial charge in [0.15, 0.2) is 0 Å². The van der Waals surface area contributed by atoms with Gasteiger partial charge in [0.05, 0.1) is 0 Å². The normalized spacial score (nSPS) is 10.8. The van der Waals surface area contributed by atoms with Gasteiger partial charge in [-0.3, -0.25) is 14.9 Å². The summed E-state index contributed by atoms with van der Waals surface area (Å²) >= 11 is 0. The molecule has 0 spiro atoms. The molecule has 24 heavy (non-hydrogen) atoms. The van der Waals surface area contributed by atoms with Crippen LogP contribution in [0.3, 0.4) is 0 Å². The van der Waals surface area contributed by atoms with E-state index in [0.29, 0.717) is 21.1 Å². The van der Waals surface area contributed by atoms with Crippen LogP contribution in [0.4, 0.5) is 5.13 Å². The Bertz CT molecular complexity index is 892. The fraction of sp³-hybridized carbons (Fsp3) is 0. The summed E-state index contributed by atoms with van der Waals surface area (Å²) in [6.45, 7) is 0. The number of hydrogen-bond donors (Lipinski definition) is 1. The van der Waals surface area contributed by atoms with Gasteiger partial charge in [-0.2, -0.15) is 9.98 Å². The second kappa shape index (κ2) is 8.62. The quantitative estimate of drug-likeness (QED) is 0.654. The third kappa shape index (κ3) is 4.67. The molecule has 0 aliphatic carbocycles. The highest BCUT2D eigenvalue weighted by atomic mass is 79.9. The molecule has 0 atom stereocenters. The van der Waals surface area contributed by atoms with Gasteiger partial charge in [0, 0.05) is 11.1 Å². The summed E-state index contributed by atoms with van der Waals surface area (Å²) < 4.78 is 0. The average Bonchev–Trinajstić information content (AvgIpc) is 3.03. The number of amides is 2. The number of carbonyl (C=O) groups is 2. The van der Waals surface area contributed by atoms with E-state index in [-0.39, 0.29) is 28.8 Å². The van der Waals surface area contributed by atoms with Crippen LogP contribution in [0.2, 0.25) is 0 Å². The molecular formula is C16H12BrN3O2S2. The van der Waals surface area contributed by atoms with Crippen LogP contribution in [0, 0.1) is 0 Å². The smallest absolute Gasteiger partial charge is 0.279 e. The molecule has 2 aromatic carbocycles. The standard InChI is InChI=1S/C16H11N3O2S2.BrH/c20-13(11-7-3-1-4-8-11)17-15-19-16(23-22-15)18-14(21)12-9-5-2-6-10-12;/h1-10H,(H,17,18,19,20,21);1H. The van der Waals surface area contributed by atoms with Crippen LogP contribution >= 0.6 is 37.7 Å².